The molecule has 2 aliphatic heterocycles. The minimum Gasteiger partial charge on any atom is -0.383 e. The number of nitrogens with two attached hydrogens (primary N) is 2. The Morgan fingerprint density at radius 3 is 2.14 bits per heavy atom. The van der Waals surface area contributed by atoms with E-state index in [1.165, 1.54) is 0 Å². The van der Waals surface area contributed by atoms with Gasteiger partial charge in [0, 0.05) is 24.0 Å². The number of anilines is 5. The molecule has 1 fully saturated rings. The molecule has 186 valence electrons. The third-order valence-electron chi connectivity index (χ3n) is 6.87. The van der Waals surface area contributed by atoms with Gasteiger partial charge in [-0.25, -0.2) is 9.97 Å². The maximum absolute atomic E-state index is 13.3. The summed E-state index contributed by atoms with van der Waals surface area (Å²) < 4.78 is 5.86. The maximum Gasteiger partial charge on any atom is 0.237 e. The Hall–Kier alpha value is -3.90. The van der Waals surface area contributed by atoms with Gasteiger partial charge in [0.25, 0.3) is 0 Å². The number of ether oxygens (including phenoxy) is 1. The lowest BCUT2D eigenvalue weighted by atomic mass is 9.87. The van der Waals surface area contributed by atoms with E-state index in [2.05, 4.69) is 36.8 Å². The molecular formula is C27H31N7O2. The van der Waals surface area contributed by atoms with E-state index >= 15 is 0 Å². The molecule has 9 heteroatoms. The highest BCUT2D eigenvalue weighted by molar-refractivity contribution is 6.15. The smallest absolute Gasteiger partial charge is 0.237 e. The zero-order chi connectivity index (χ0) is 25.9. The summed E-state index contributed by atoms with van der Waals surface area (Å²) in [6.45, 7) is 11.5. The highest BCUT2D eigenvalue weighted by Crippen LogP contribution is 2.44. The largest absolute Gasteiger partial charge is 0.383 e. The second-order valence-corrected chi connectivity index (χ2v) is 10.7. The molecule has 0 radical (unpaired) electrons. The first-order valence-electron chi connectivity index (χ1n) is 12.1. The Morgan fingerprint density at radius 2 is 1.58 bits per heavy atom. The van der Waals surface area contributed by atoms with Gasteiger partial charge in [0.2, 0.25) is 5.91 Å². The van der Waals surface area contributed by atoms with E-state index in [1.807, 2.05) is 43.0 Å². The van der Waals surface area contributed by atoms with E-state index in [4.69, 9.17) is 16.2 Å². The summed E-state index contributed by atoms with van der Waals surface area (Å²) in [6, 6.07) is 10.2. The van der Waals surface area contributed by atoms with Gasteiger partial charge in [0.1, 0.15) is 34.9 Å². The maximum atomic E-state index is 13.3. The first kappa shape index (κ1) is 23.8. The Balaban J connectivity index is 1.70. The quantitative estimate of drug-likeness (QED) is 0.560. The summed E-state index contributed by atoms with van der Waals surface area (Å²) in [6.07, 6.45) is 0.0360. The van der Waals surface area contributed by atoms with Crippen LogP contribution >= 0.6 is 0 Å². The van der Waals surface area contributed by atoms with Gasteiger partial charge in [-0.15, -0.1) is 0 Å². The number of carbonyl (C=O) groups excluding carboxylic acids is 1. The van der Waals surface area contributed by atoms with Crippen LogP contribution in [0.25, 0.3) is 10.8 Å². The van der Waals surface area contributed by atoms with Gasteiger partial charge in [-0.2, -0.15) is 5.26 Å². The van der Waals surface area contributed by atoms with E-state index in [-0.39, 0.29) is 41.6 Å². The normalized spacial score (nSPS) is 20.1. The third kappa shape index (κ3) is 3.78. The Bertz CT molecular complexity index is 1410. The minimum atomic E-state index is -0.137. The second kappa shape index (κ2) is 8.35. The van der Waals surface area contributed by atoms with Crippen molar-refractivity contribution in [2.45, 2.75) is 58.7 Å². The molecular weight excluding hydrogens is 454 g/mol. The van der Waals surface area contributed by atoms with E-state index in [0.717, 1.165) is 5.56 Å². The number of nitrogens with zero attached hydrogens (tertiary/aromatic N) is 5. The first-order valence-corrected chi connectivity index (χ1v) is 12.1. The van der Waals surface area contributed by atoms with Gasteiger partial charge < -0.3 is 21.1 Å². The van der Waals surface area contributed by atoms with Crippen LogP contribution in [0, 0.1) is 11.3 Å². The Kier molecular flexibility index (Phi) is 5.52. The van der Waals surface area contributed by atoms with Crippen molar-refractivity contribution < 1.29 is 9.53 Å². The van der Waals surface area contributed by atoms with Crippen LogP contribution < -0.4 is 21.3 Å². The number of benzene rings is 1. The molecule has 3 aromatic rings. The predicted octanol–water partition coefficient (Wildman–Crippen LogP) is 3.80. The highest BCUT2D eigenvalue weighted by atomic mass is 16.5. The van der Waals surface area contributed by atoms with Gasteiger partial charge in [0.05, 0.1) is 29.7 Å². The van der Waals surface area contributed by atoms with Gasteiger partial charge in [-0.05, 0) is 37.0 Å². The summed E-state index contributed by atoms with van der Waals surface area (Å²) in [5, 5.41) is 11.3. The van der Waals surface area contributed by atoms with Crippen LogP contribution in [-0.2, 0) is 21.4 Å². The summed E-state index contributed by atoms with van der Waals surface area (Å²) in [7, 11) is 0. The molecule has 1 amide bonds. The molecule has 2 aliphatic rings. The highest BCUT2D eigenvalue weighted by Gasteiger charge is 2.36. The van der Waals surface area contributed by atoms with Crippen LogP contribution in [0.15, 0.2) is 24.3 Å². The third-order valence-corrected chi connectivity index (χ3v) is 6.87. The monoisotopic (exact) mass is 485 g/mol. The topological polar surface area (TPSA) is 134 Å². The molecule has 0 spiro atoms. The predicted molar refractivity (Wildman–Crippen MR) is 141 cm³/mol. The van der Waals surface area contributed by atoms with Crippen molar-refractivity contribution in [2.24, 2.45) is 0 Å². The molecule has 4 heterocycles. The van der Waals surface area contributed by atoms with Crippen LogP contribution in [0.2, 0.25) is 0 Å². The van der Waals surface area contributed by atoms with E-state index < -0.39 is 0 Å². The summed E-state index contributed by atoms with van der Waals surface area (Å²) in [5.41, 5.74) is 15.6. The van der Waals surface area contributed by atoms with E-state index in [9.17, 15) is 10.1 Å². The molecule has 0 saturated carbocycles. The minimum absolute atomic E-state index is 0.0125. The molecule has 0 bridgehead atoms. The number of hydrogen-bond donors (Lipinski definition) is 2. The van der Waals surface area contributed by atoms with Crippen molar-refractivity contribution in [1.29, 1.82) is 5.26 Å². The molecule has 2 aromatic heterocycles. The molecule has 9 nitrogen and oxygen atoms in total. The zero-order valence-electron chi connectivity index (χ0n) is 21.3. The van der Waals surface area contributed by atoms with Crippen LogP contribution in [0.1, 0.15) is 51.3 Å². The van der Waals surface area contributed by atoms with Crippen molar-refractivity contribution in [3.63, 3.8) is 0 Å². The zero-order valence-corrected chi connectivity index (χ0v) is 21.3. The second-order valence-electron chi connectivity index (χ2n) is 10.7. The lowest BCUT2D eigenvalue weighted by Gasteiger charge is -2.36. The Morgan fingerprint density at radius 1 is 1.00 bits per heavy atom. The standard InChI is InChI=1S/C27H31N7O2/c1-14-12-33(13-15(2)36-14)25-19(11-28)21-18-10-20(35)34(17-8-6-16(7-9-17)27(3,4)5)26(18)32-24(30)22(21)23(29)31-25/h6-9,14-15H,10,12-13H2,1-5H3,(H2,29,31)(H2,30,32). The molecule has 0 aliphatic carbocycles. The molecule has 2 unspecified atom stereocenters. The Labute approximate surface area is 210 Å². The molecule has 1 saturated heterocycles. The fraction of sp³-hybridized carbons (Fsp3) is 0.407. The number of amides is 1. The average Bonchev–Trinajstić information content (AvgIpc) is 3.13. The fourth-order valence-electron chi connectivity index (χ4n) is 5.26. The number of pyridine rings is 2. The molecule has 1 aromatic carbocycles. The first-order chi connectivity index (χ1) is 17.0. The lowest BCUT2D eigenvalue weighted by molar-refractivity contribution is -0.116. The summed E-state index contributed by atoms with van der Waals surface area (Å²) >= 11 is 0. The number of aromatic nitrogens is 2. The summed E-state index contributed by atoms with van der Waals surface area (Å²) in [4.78, 5) is 26.1. The number of carbonyl (C=O) groups is 1. The van der Waals surface area contributed by atoms with Gasteiger partial charge in [-0.1, -0.05) is 32.9 Å². The molecule has 2 atom stereocenters. The SMILES string of the molecule is CC1CN(c2nc(N)c3c(N)nc4c(c3c2C#N)CC(=O)N4c2ccc(C(C)(C)C)cc2)CC(C)O1. The van der Waals surface area contributed by atoms with Crippen molar-refractivity contribution in [2.75, 3.05) is 34.4 Å². The van der Waals surface area contributed by atoms with E-state index in [1.54, 1.807) is 4.90 Å². The van der Waals surface area contributed by atoms with Crippen molar-refractivity contribution in [3.05, 3.63) is 41.0 Å². The lowest BCUT2D eigenvalue weighted by Crippen LogP contribution is -2.46. The summed E-state index contributed by atoms with van der Waals surface area (Å²) in [5.74, 6) is 1.12. The average molecular weight is 486 g/mol. The number of nitriles is 1. The number of nitrogen functional groups attached to an aromatic ring is 2. The van der Waals surface area contributed by atoms with Gasteiger partial charge in [0.15, 0.2) is 0 Å². The van der Waals surface area contributed by atoms with E-state index in [0.29, 0.717) is 52.3 Å². The van der Waals surface area contributed by atoms with Gasteiger partial charge in [-0.3, -0.25) is 9.69 Å². The number of morpholine rings is 1. The van der Waals surface area contributed by atoms with Crippen molar-refractivity contribution in [3.8, 4) is 6.07 Å². The van der Waals surface area contributed by atoms with Crippen LogP contribution in [-0.4, -0.2) is 41.2 Å². The number of fused-ring (bicyclic) bond motifs is 3. The van der Waals surface area contributed by atoms with Gasteiger partial charge >= 0.3 is 0 Å². The van der Waals surface area contributed by atoms with Crippen molar-refractivity contribution in [1.82, 2.24) is 9.97 Å². The van der Waals surface area contributed by atoms with Crippen LogP contribution in [0.5, 0.6) is 0 Å². The van der Waals surface area contributed by atoms with Crippen LogP contribution in [0.3, 0.4) is 0 Å². The van der Waals surface area contributed by atoms with Crippen molar-refractivity contribution >= 4 is 45.6 Å². The number of hydrogen-bond acceptors (Lipinski definition) is 8. The molecule has 36 heavy (non-hydrogen) atoms. The molecule has 4 N–H and O–H groups in total. The molecule has 5 rings (SSSR count). The fourth-order valence-corrected chi connectivity index (χ4v) is 5.26. The number of rotatable bonds is 2. The van der Waals surface area contributed by atoms with Crippen LogP contribution in [0.4, 0.5) is 29.0 Å².